The molecule has 1 N–H and O–H groups in total. The molecule has 2 aromatic rings. The van der Waals surface area contributed by atoms with Gasteiger partial charge in [0.25, 0.3) is 0 Å². The number of benzene rings is 1. The van der Waals surface area contributed by atoms with Crippen LogP contribution in [0.15, 0.2) is 28.8 Å². The second-order valence-corrected chi connectivity index (χ2v) is 6.67. The van der Waals surface area contributed by atoms with Gasteiger partial charge < -0.3 is 14.4 Å². The van der Waals surface area contributed by atoms with E-state index in [0.717, 1.165) is 42.9 Å². The van der Waals surface area contributed by atoms with E-state index in [4.69, 9.17) is 9.26 Å². The summed E-state index contributed by atoms with van der Waals surface area (Å²) < 4.78 is 11.0. The molecule has 0 saturated carbocycles. The van der Waals surface area contributed by atoms with E-state index in [9.17, 15) is 5.11 Å². The third kappa shape index (κ3) is 3.56. The van der Waals surface area contributed by atoms with Crippen LogP contribution in [-0.2, 0) is 6.54 Å². The molecular weight excluding hydrogens is 304 g/mol. The van der Waals surface area contributed by atoms with Gasteiger partial charge in [0.05, 0.1) is 12.6 Å². The number of likely N-dealkylation sites (tertiary alicyclic amines) is 1. The summed E-state index contributed by atoms with van der Waals surface area (Å²) in [5.41, 5.74) is 2.16. The quantitative estimate of drug-likeness (QED) is 0.858. The van der Waals surface area contributed by atoms with Crippen LogP contribution in [0.3, 0.4) is 0 Å². The molecule has 1 aromatic heterocycles. The molecule has 0 unspecified atom stereocenters. The van der Waals surface area contributed by atoms with Gasteiger partial charge in [-0.1, -0.05) is 25.1 Å². The minimum atomic E-state index is 0.191. The van der Waals surface area contributed by atoms with Crippen molar-refractivity contribution in [3.05, 3.63) is 41.3 Å². The van der Waals surface area contributed by atoms with Gasteiger partial charge >= 0.3 is 0 Å². The van der Waals surface area contributed by atoms with Crippen molar-refractivity contribution in [2.45, 2.75) is 52.1 Å². The average molecular weight is 330 g/mol. The largest absolute Gasteiger partial charge is 0.504 e. The Bertz CT molecular complexity index is 681. The van der Waals surface area contributed by atoms with Crippen LogP contribution < -0.4 is 4.74 Å². The molecule has 0 radical (unpaired) electrons. The topological polar surface area (TPSA) is 58.7 Å². The summed E-state index contributed by atoms with van der Waals surface area (Å²) in [6, 6.07) is 7.98. The molecule has 1 aliphatic rings. The number of ether oxygens (including phenoxy) is 1. The standard InChI is InChI=1S/C19H26N2O3/c1-4-23-19-10-14(7-8-17(19)22)12-21-9-5-6-16(21)15-11-18(13(2)3)24-20-15/h7-8,10-11,13,16,22H,4-6,9,12H2,1-3H3/t16-/m0/s1. The van der Waals surface area contributed by atoms with E-state index >= 15 is 0 Å². The van der Waals surface area contributed by atoms with Gasteiger partial charge in [-0.2, -0.15) is 0 Å². The van der Waals surface area contributed by atoms with Crippen LogP contribution in [0.25, 0.3) is 0 Å². The normalized spacial score (nSPS) is 18.4. The Morgan fingerprint density at radius 1 is 1.38 bits per heavy atom. The summed E-state index contributed by atoms with van der Waals surface area (Å²) >= 11 is 0. The smallest absolute Gasteiger partial charge is 0.161 e. The van der Waals surface area contributed by atoms with Crippen LogP contribution in [0.4, 0.5) is 0 Å². The van der Waals surface area contributed by atoms with Gasteiger partial charge in [-0.3, -0.25) is 4.90 Å². The molecule has 1 fully saturated rings. The van der Waals surface area contributed by atoms with Crippen LogP contribution in [0.1, 0.15) is 62.6 Å². The zero-order valence-electron chi connectivity index (χ0n) is 14.7. The molecule has 24 heavy (non-hydrogen) atoms. The Kier molecular flexibility index (Phi) is 5.09. The molecule has 3 rings (SSSR count). The molecule has 1 aromatic carbocycles. The highest BCUT2D eigenvalue weighted by Crippen LogP contribution is 2.35. The van der Waals surface area contributed by atoms with E-state index in [1.165, 1.54) is 0 Å². The number of rotatable bonds is 6. The van der Waals surface area contributed by atoms with E-state index < -0.39 is 0 Å². The number of hydrogen-bond donors (Lipinski definition) is 1. The Morgan fingerprint density at radius 2 is 2.21 bits per heavy atom. The molecule has 0 bridgehead atoms. The van der Waals surface area contributed by atoms with Crippen LogP contribution in [0, 0.1) is 0 Å². The van der Waals surface area contributed by atoms with Crippen molar-refractivity contribution in [2.75, 3.05) is 13.2 Å². The fourth-order valence-electron chi connectivity index (χ4n) is 3.25. The monoisotopic (exact) mass is 330 g/mol. The molecule has 0 spiro atoms. The van der Waals surface area contributed by atoms with Crippen LogP contribution in [0.2, 0.25) is 0 Å². The predicted molar refractivity (Wildman–Crippen MR) is 92.3 cm³/mol. The lowest BCUT2D eigenvalue weighted by molar-refractivity contribution is 0.235. The van der Waals surface area contributed by atoms with E-state index in [2.05, 4.69) is 30.0 Å². The lowest BCUT2D eigenvalue weighted by Gasteiger charge is -2.23. The molecule has 1 saturated heterocycles. The van der Waals surface area contributed by atoms with Gasteiger partial charge in [0.2, 0.25) is 0 Å². The lowest BCUT2D eigenvalue weighted by atomic mass is 10.1. The van der Waals surface area contributed by atoms with Crippen LogP contribution in [0.5, 0.6) is 11.5 Å². The molecule has 130 valence electrons. The maximum Gasteiger partial charge on any atom is 0.161 e. The van der Waals surface area contributed by atoms with Gasteiger partial charge in [-0.25, -0.2) is 0 Å². The average Bonchev–Trinajstić information content (AvgIpc) is 3.19. The number of hydrogen-bond acceptors (Lipinski definition) is 5. The Hall–Kier alpha value is -2.01. The van der Waals surface area contributed by atoms with Crippen molar-refractivity contribution in [2.24, 2.45) is 0 Å². The first-order valence-electron chi connectivity index (χ1n) is 8.73. The maximum absolute atomic E-state index is 9.85. The summed E-state index contributed by atoms with van der Waals surface area (Å²) in [7, 11) is 0. The molecule has 0 aliphatic carbocycles. The summed E-state index contributed by atoms with van der Waals surface area (Å²) in [5, 5.41) is 14.1. The highest BCUT2D eigenvalue weighted by Gasteiger charge is 2.29. The first-order valence-corrected chi connectivity index (χ1v) is 8.73. The molecular formula is C19H26N2O3. The Morgan fingerprint density at radius 3 is 2.92 bits per heavy atom. The van der Waals surface area contributed by atoms with Gasteiger partial charge in [0.15, 0.2) is 11.5 Å². The summed E-state index contributed by atoms with van der Waals surface area (Å²) in [5.74, 6) is 2.04. The number of phenolic OH excluding ortho intramolecular Hbond substituents is 1. The molecule has 0 amide bonds. The van der Waals surface area contributed by atoms with E-state index in [0.29, 0.717) is 24.3 Å². The lowest BCUT2D eigenvalue weighted by Crippen LogP contribution is -2.23. The minimum Gasteiger partial charge on any atom is -0.504 e. The zero-order valence-corrected chi connectivity index (χ0v) is 14.7. The molecule has 1 aliphatic heterocycles. The zero-order chi connectivity index (χ0) is 17.1. The molecule has 5 nitrogen and oxygen atoms in total. The van der Waals surface area contributed by atoms with Gasteiger partial charge in [0.1, 0.15) is 11.5 Å². The van der Waals surface area contributed by atoms with E-state index in [1.807, 2.05) is 19.1 Å². The maximum atomic E-state index is 9.85. The van der Waals surface area contributed by atoms with Crippen molar-refractivity contribution < 1.29 is 14.4 Å². The van der Waals surface area contributed by atoms with Gasteiger partial charge in [-0.05, 0) is 44.0 Å². The number of phenols is 1. The van der Waals surface area contributed by atoms with Crippen molar-refractivity contribution in [1.29, 1.82) is 0 Å². The number of aromatic nitrogens is 1. The van der Waals surface area contributed by atoms with Gasteiger partial charge in [-0.15, -0.1) is 0 Å². The summed E-state index contributed by atoms with van der Waals surface area (Å²) in [4.78, 5) is 2.42. The Balaban J connectivity index is 1.75. The third-order valence-electron chi connectivity index (χ3n) is 4.53. The van der Waals surface area contributed by atoms with E-state index in [-0.39, 0.29) is 5.75 Å². The number of nitrogens with zero attached hydrogens (tertiary/aromatic N) is 2. The SMILES string of the molecule is CCOc1cc(CN2CCC[C@H]2c2cc(C(C)C)on2)ccc1O. The fraction of sp³-hybridized carbons (Fsp3) is 0.526. The van der Waals surface area contributed by atoms with Crippen molar-refractivity contribution >= 4 is 0 Å². The van der Waals surface area contributed by atoms with Crippen molar-refractivity contribution in [3.63, 3.8) is 0 Å². The molecule has 1 atom stereocenters. The van der Waals surface area contributed by atoms with Crippen LogP contribution in [-0.4, -0.2) is 28.3 Å². The predicted octanol–water partition coefficient (Wildman–Crippen LogP) is 4.24. The second-order valence-electron chi connectivity index (χ2n) is 6.67. The first-order chi connectivity index (χ1) is 11.6. The highest BCUT2D eigenvalue weighted by atomic mass is 16.5. The summed E-state index contributed by atoms with van der Waals surface area (Å²) in [6.07, 6.45) is 2.26. The highest BCUT2D eigenvalue weighted by molar-refractivity contribution is 5.41. The third-order valence-corrected chi connectivity index (χ3v) is 4.53. The second kappa shape index (κ2) is 7.26. The van der Waals surface area contributed by atoms with E-state index in [1.54, 1.807) is 6.07 Å². The van der Waals surface area contributed by atoms with Gasteiger partial charge in [0, 0.05) is 18.5 Å². The molecule has 2 heterocycles. The summed E-state index contributed by atoms with van der Waals surface area (Å²) in [6.45, 7) is 8.54. The minimum absolute atomic E-state index is 0.191. The van der Waals surface area contributed by atoms with Crippen molar-refractivity contribution in [1.82, 2.24) is 10.1 Å². The first kappa shape index (κ1) is 16.8. The molecule has 5 heteroatoms. The fourth-order valence-corrected chi connectivity index (χ4v) is 3.25. The number of aromatic hydroxyl groups is 1. The van der Waals surface area contributed by atoms with Crippen molar-refractivity contribution in [3.8, 4) is 11.5 Å². The Labute approximate surface area is 143 Å². The van der Waals surface area contributed by atoms with Crippen LogP contribution >= 0.6 is 0 Å².